The predicted molar refractivity (Wildman–Crippen MR) is 85.3 cm³/mol. The number of imidazole rings is 1. The minimum atomic E-state index is -0.517. The summed E-state index contributed by atoms with van der Waals surface area (Å²) in [6.45, 7) is 1.78. The van der Waals surface area contributed by atoms with Crippen molar-refractivity contribution in [3.63, 3.8) is 0 Å². The number of rotatable bonds is 2. The van der Waals surface area contributed by atoms with E-state index < -0.39 is 11.2 Å². The molecular formula is C15H10Cl3FN2. The molecule has 0 saturated heterocycles. The first-order chi connectivity index (χ1) is 9.99. The average molecular weight is 344 g/mol. The van der Waals surface area contributed by atoms with Gasteiger partial charge in [-0.1, -0.05) is 29.3 Å². The second kappa shape index (κ2) is 5.48. The first-order valence-electron chi connectivity index (χ1n) is 6.25. The second-order valence-corrected chi connectivity index (χ2v) is 6.13. The molecule has 1 unspecified atom stereocenters. The minimum Gasteiger partial charge on any atom is -0.292 e. The van der Waals surface area contributed by atoms with Crippen molar-refractivity contribution in [2.45, 2.75) is 12.3 Å². The van der Waals surface area contributed by atoms with Gasteiger partial charge in [-0.2, -0.15) is 0 Å². The molecular weight excluding hydrogens is 334 g/mol. The number of hydrogen-bond donors (Lipinski definition) is 0. The van der Waals surface area contributed by atoms with Gasteiger partial charge < -0.3 is 0 Å². The molecule has 0 saturated carbocycles. The number of alkyl halides is 1. The average Bonchev–Trinajstić information content (AvgIpc) is 2.80. The van der Waals surface area contributed by atoms with Crippen molar-refractivity contribution in [2.24, 2.45) is 0 Å². The molecule has 0 aliphatic rings. The molecule has 2 aromatic carbocycles. The van der Waals surface area contributed by atoms with Crippen LogP contribution < -0.4 is 0 Å². The Balaban J connectivity index is 2.41. The summed E-state index contributed by atoms with van der Waals surface area (Å²) in [5.41, 5.74) is 1.68. The van der Waals surface area contributed by atoms with E-state index >= 15 is 0 Å². The number of benzene rings is 2. The van der Waals surface area contributed by atoms with Crippen LogP contribution in [0.5, 0.6) is 0 Å². The molecule has 1 atom stereocenters. The summed E-state index contributed by atoms with van der Waals surface area (Å²) in [4.78, 5) is 4.46. The Morgan fingerprint density at radius 1 is 1.19 bits per heavy atom. The van der Waals surface area contributed by atoms with Crippen LogP contribution in [0.4, 0.5) is 4.39 Å². The zero-order chi connectivity index (χ0) is 15.1. The lowest BCUT2D eigenvalue weighted by Gasteiger charge is -2.12. The molecule has 3 aromatic rings. The molecule has 0 bridgehead atoms. The lowest BCUT2D eigenvalue weighted by atomic mass is 10.2. The van der Waals surface area contributed by atoms with Crippen LogP contribution in [0.25, 0.3) is 16.7 Å². The molecule has 21 heavy (non-hydrogen) atoms. The molecule has 6 heteroatoms. The molecule has 0 N–H and O–H groups in total. The molecule has 1 heterocycles. The van der Waals surface area contributed by atoms with Crippen molar-refractivity contribution in [1.82, 2.24) is 9.55 Å². The molecule has 1 aromatic heterocycles. The highest BCUT2D eigenvalue weighted by atomic mass is 35.5. The van der Waals surface area contributed by atoms with Gasteiger partial charge in [0.15, 0.2) is 5.82 Å². The van der Waals surface area contributed by atoms with E-state index in [9.17, 15) is 4.39 Å². The number of halogens is 4. The van der Waals surface area contributed by atoms with Crippen LogP contribution in [-0.4, -0.2) is 9.55 Å². The largest absolute Gasteiger partial charge is 0.292 e. The van der Waals surface area contributed by atoms with Gasteiger partial charge in [0.1, 0.15) is 5.82 Å². The molecule has 0 spiro atoms. The van der Waals surface area contributed by atoms with Gasteiger partial charge in [0.2, 0.25) is 0 Å². The fourth-order valence-electron chi connectivity index (χ4n) is 2.25. The third-order valence-corrected chi connectivity index (χ3v) is 3.89. The summed E-state index contributed by atoms with van der Waals surface area (Å²) in [6, 6.07) is 10.0. The van der Waals surface area contributed by atoms with Crippen molar-refractivity contribution in [3.8, 4) is 5.69 Å². The lowest BCUT2D eigenvalue weighted by Crippen LogP contribution is -2.04. The number of nitrogens with zero attached hydrogens (tertiary/aromatic N) is 2. The van der Waals surface area contributed by atoms with E-state index in [1.807, 2.05) is 0 Å². The maximum absolute atomic E-state index is 14.4. The Kier molecular flexibility index (Phi) is 3.82. The van der Waals surface area contributed by atoms with Gasteiger partial charge in [-0.3, -0.25) is 4.57 Å². The van der Waals surface area contributed by atoms with Crippen molar-refractivity contribution < 1.29 is 4.39 Å². The van der Waals surface area contributed by atoms with E-state index in [0.29, 0.717) is 27.6 Å². The minimum absolute atomic E-state index is 0.0459. The van der Waals surface area contributed by atoms with Crippen LogP contribution in [0.1, 0.15) is 18.1 Å². The van der Waals surface area contributed by atoms with Gasteiger partial charge in [-0.15, -0.1) is 11.6 Å². The summed E-state index contributed by atoms with van der Waals surface area (Å²) in [5, 5.41) is 0.193. The smallest absolute Gasteiger partial charge is 0.165 e. The second-order valence-electron chi connectivity index (χ2n) is 4.63. The summed E-state index contributed by atoms with van der Waals surface area (Å²) in [7, 11) is 0. The maximum Gasteiger partial charge on any atom is 0.165 e. The Morgan fingerprint density at radius 2 is 1.95 bits per heavy atom. The summed E-state index contributed by atoms with van der Waals surface area (Å²) in [6.07, 6.45) is 0. The number of fused-ring (bicyclic) bond motifs is 1. The van der Waals surface area contributed by atoms with Gasteiger partial charge in [-0.25, -0.2) is 9.37 Å². The zero-order valence-electron chi connectivity index (χ0n) is 10.9. The quantitative estimate of drug-likeness (QED) is 0.540. The molecule has 0 radical (unpaired) electrons. The van der Waals surface area contributed by atoms with Crippen molar-refractivity contribution >= 4 is 45.8 Å². The van der Waals surface area contributed by atoms with Crippen LogP contribution in [-0.2, 0) is 0 Å². The topological polar surface area (TPSA) is 17.8 Å². The normalized spacial score (nSPS) is 12.8. The van der Waals surface area contributed by atoms with Gasteiger partial charge >= 0.3 is 0 Å². The van der Waals surface area contributed by atoms with Crippen LogP contribution >= 0.6 is 34.8 Å². The summed E-state index contributed by atoms with van der Waals surface area (Å²) < 4.78 is 16.0. The monoisotopic (exact) mass is 342 g/mol. The zero-order valence-corrected chi connectivity index (χ0v) is 13.2. The third-order valence-electron chi connectivity index (χ3n) is 3.17. The van der Waals surface area contributed by atoms with Crippen LogP contribution in [0.2, 0.25) is 10.0 Å². The van der Waals surface area contributed by atoms with Crippen LogP contribution in [0.15, 0.2) is 36.4 Å². The molecule has 0 aliphatic heterocycles. The molecule has 0 fully saturated rings. The van der Waals surface area contributed by atoms with E-state index in [4.69, 9.17) is 34.8 Å². The highest BCUT2D eigenvalue weighted by Gasteiger charge is 2.19. The van der Waals surface area contributed by atoms with Gasteiger partial charge in [0.25, 0.3) is 0 Å². The van der Waals surface area contributed by atoms with Gasteiger partial charge in [-0.05, 0) is 37.3 Å². The van der Waals surface area contributed by atoms with E-state index in [0.717, 1.165) is 0 Å². The predicted octanol–water partition coefficient (Wildman–Crippen LogP) is 5.77. The van der Waals surface area contributed by atoms with E-state index in [-0.39, 0.29) is 5.02 Å². The van der Waals surface area contributed by atoms with Crippen LogP contribution in [0.3, 0.4) is 0 Å². The Bertz CT molecular complexity index is 827. The molecule has 3 rings (SSSR count). The van der Waals surface area contributed by atoms with Crippen molar-refractivity contribution in [3.05, 3.63) is 58.1 Å². The van der Waals surface area contributed by atoms with Gasteiger partial charge in [0, 0.05) is 5.02 Å². The molecule has 2 nitrogen and oxygen atoms in total. The SMILES string of the molecule is CC(Cl)c1nc2ccc(Cl)cc2n1-c1cccc(Cl)c1F. The Labute approximate surface area is 136 Å². The van der Waals surface area contributed by atoms with Crippen molar-refractivity contribution in [1.29, 1.82) is 0 Å². The Hall–Kier alpha value is -1.29. The molecule has 108 valence electrons. The summed E-state index contributed by atoms with van der Waals surface area (Å²) >= 11 is 18.1. The fraction of sp³-hybridized carbons (Fsp3) is 0.133. The highest BCUT2D eigenvalue weighted by molar-refractivity contribution is 6.31. The molecule has 0 amide bonds. The fourth-order valence-corrected chi connectivity index (χ4v) is 2.73. The third kappa shape index (κ3) is 2.50. The highest BCUT2D eigenvalue weighted by Crippen LogP contribution is 2.32. The maximum atomic E-state index is 14.4. The van der Waals surface area contributed by atoms with Crippen LogP contribution in [0, 0.1) is 5.82 Å². The van der Waals surface area contributed by atoms with E-state index in [2.05, 4.69) is 4.98 Å². The number of aromatic nitrogens is 2. The first kappa shape index (κ1) is 14.6. The first-order valence-corrected chi connectivity index (χ1v) is 7.44. The van der Waals surface area contributed by atoms with Crippen molar-refractivity contribution in [2.75, 3.05) is 0 Å². The number of hydrogen-bond acceptors (Lipinski definition) is 1. The summed E-state index contributed by atoms with van der Waals surface area (Å²) in [5.74, 6) is 0.0205. The van der Waals surface area contributed by atoms with E-state index in [1.54, 1.807) is 41.8 Å². The lowest BCUT2D eigenvalue weighted by molar-refractivity contribution is 0.617. The van der Waals surface area contributed by atoms with E-state index in [1.165, 1.54) is 6.07 Å². The molecule has 0 aliphatic carbocycles. The Morgan fingerprint density at radius 3 is 2.67 bits per heavy atom. The van der Waals surface area contributed by atoms with Gasteiger partial charge in [0.05, 0.1) is 27.1 Å². The standard InChI is InChI=1S/C15H10Cl3FN2/c1-8(16)15-20-11-6-5-9(17)7-13(11)21(15)12-4-2-3-10(18)14(12)19/h2-8H,1H3.